The van der Waals surface area contributed by atoms with E-state index < -0.39 is 0 Å². The lowest BCUT2D eigenvalue weighted by molar-refractivity contribution is 0.221. The number of para-hydroxylation sites is 2. The van der Waals surface area contributed by atoms with Gasteiger partial charge in [-0.3, -0.25) is 4.90 Å². The van der Waals surface area contributed by atoms with Crippen molar-refractivity contribution in [3.8, 4) is 11.5 Å². The van der Waals surface area contributed by atoms with Gasteiger partial charge in [-0.1, -0.05) is 24.3 Å². The maximum atomic E-state index is 5.88. The summed E-state index contributed by atoms with van der Waals surface area (Å²) in [5.74, 6) is 1.62. The van der Waals surface area contributed by atoms with Crippen molar-refractivity contribution in [1.82, 2.24) is 9.27 Å². The van der Waals surface area contributed by atoms with Crippen LogP contribution in [-0.2, 0) is 0 Å². The number of fused-ring (bicyclic) bond motifs is 1. The summed E-state index contributed by atoms with van der Waals surface area (Å²) in [6.45, 7) is 6.05. The second-order valence-electron chi connectivity index (χ2n) is 6.69. The van der Waals surface area contributed by atoms with Crippen molar-refractivity contribution in [1.29, 1.82) is 0 Å². The molecule has 0 atom stereocenters. The highest BCUT2D eigenvalue weighted by atomic mass is 32.1. The van der Waals surface area contributed by atoms with Crippen molar-refractivity contribution in [2.45, 2.75) is 6.42 Å². The van der Waals surface area contributed by atoms with Crippen LogP contribution < -0.4 is 14.4 Å². The molecule has 0 N–H and O–H groups in total. The predicted octanol–water partition coefficient (Wildman–Crippen LogP) is 3.90. The van der Waals surface area contributed by atoms with E-state index in [0.717, 1.165) is 56.2 Å². The van der Waals surface area contributed by atoms with E-state index in [2.05, 4.69) is 38.4 Å². The molecule has 1 aliphatic rings. The number of ether oxygens (including phenoxy) is 2. The zero-order valence-corrected chi connectivity index (χ0v) is 16.5. The molecule has 4 rings (SSSR count). The number of piperazine rings is 1. The number of benzene rings is 2. The first kappa shape index (κ1) is 18.1. The SMILES string of the molecule is COc1ccccc1OCCCN1CCN(c2snc3ccccc23)CC1. The summed E-state index contributed by atoms with van der Waals surface area (Å²) in [6.07, 6.45) is 1.02. The minimum absolute atomic E-state index is 0.708. The van der Waals surface area contributed by atoms with Crippen molar-refractivity contribution in [2.24, 2.45) is 0 Å². The second kappa shape index (κ2) is 8.59. The molecule has 1 fully saturated rings. The van der Waals surface area contributed by atoms with Crippen LogP contribution in [0.25, 0.3) is 10.9 Å². The van der Waals surface area contributed by atoms with Gasteiger partial charge in [-0.2, -0.15) is 4.37 Å². The van der Waals surface area contributed by atoms with Crippen LogP contribution in [0.2, 0.25) is 0 Å². The van der Waals surface area contributed by atoms with Crippen molar-refractivity contribution in [3.63, 3.8) is 0 Å². The highest BCUT2D eigenvalue weighted by Crippen LogP contribution is 2.31. The maximum absolute atomic E-state index is 5.88. The normalized spacial score (nSPS) is 15.2. The molecule has 6 heteroatoms. The van der Waals surface area contributed by atoms with E-state index in [1.54, 1.807) is 18.6 Å². The number of anilines is 1. The molecule has 0 spiro atoms. The van der Waals surface area contributed by atoms with Gasteiger partial charge in [-0.25, -0.2) is 0 Å². The first-order chi connectivity index (χ1) is 13.3. The van der Waals surface area contributed by atoms with Gasteiger partial charge in [0.25, 0.3) is 0 Å². The molecule has 3 aromatic rings. The second-order valence-corrected chi connectivity index (χ2v) is 7.44. The van der Waals surface area contributed by atoms with Crippen LogP contribution in [0.15, 0.2) is 48.5 Å². The third kappa shape index (κ3) is 4.17. The summed E-state index contributed by atoms with van der Waals surface area (Å²) in [7, 11) is 1.67. The van der Waals surface area contributed by atoms with Gasteiger partial charge < -0.3 is 14.4 Å². The van der Waals surface area contributed by atoms with E-state index in [4.69, 9.17) is 9.47 Å². The molecule has 0 unspecified atom stereocenters. The summed E-state index contributed by atoms with van der Waals surface area (Å²) in [5, 5.41) is 2.59. The Bertz CT molecular complexity index is 874. The quantitative estimate of drug-likeness (QED) is 0.579. The lowest BCUT2D eigenvalue weighted by atomic mass is 10.2. The molecule has 2 aromatic carbocycles. The van der Waals surface area contributed by atoms with Crippen LogP contribution in [0.3, 0.4) is 0 Å². The number of nitrogens with zero attached hydrogens (tertiary/aromatic N) is 3. The van der Waals surface area contributed by atoms with Gasteiger partial charge >= 0.3 is 0 Å². The van der Waals surface area contributed by atoms with E-state index >= 15 is 0 Å². The highest BCUT2D eigenvalue weighted by molar-refractivity contribution is 7.11. The Kier molecular flexibility index (Phi) is 5.75. The Balaban J connectivity index is 1.23. The topological polar surface area (TPSA) is 37.8 Å². The van der Waals surface area contributed by atoms with E-state index in [0.29, 0.717) is 6.61 Å². The molecule has 5 nitrogen and oxygen atoms in total. The Morgan fingerprint density at radius 3 is 2.52 bits per heavy atom. The Labute approximate surface area is 164 Å². The molecular weight excluding hydrogens is 358 g/mol. The van der Waals surface area contributed by atoms with Crippen LogP contribution >= 0.6 is 11.5 Å². The van der Waals surface area contributed by atoms with Gasteiger partial charge in [0.1, 0.15) is 5.00 Å². The minimum Gasteiger partial charge on any atom is -0.493 e. The number of aromatic nitrogens is 1. The van der Waals surface area contributed by atoms with Gasteiger partial charge in [0.05, 0.1) is 19.2 Å². The van der Waals surface area contributed by atoms with Crippen molar-refractivity contribution >= 4 is 27.4 Å². The number of methoxy groups -OCH3 is 1. The van der Waals surface area contributed by atoms with Gasteiger partial charge in [0.2, 0.25) is 0 Å². The number of rotatable bonds is 7. The van der Waals surface area contributed by atoms with E-state index in [9.17, 15) is 0 Å². The molecule has 0 amide bonds. The first-order valence-electron chi connectivity index (χ1n) is 9.42. The Hall–Kier alpha value is -2.31. The average molecular weight is 384 g/mol. The van der Waals surface area contributed by atoms with Gasteiger partial charge in [0.15, 0.2) is 11.5 Å². The Morgan fingerprint density at radius 2 is 1.70 bits per heavy atom. The summed E-state index contributed by atoms with van der Waals surface area (Å²) in [6, 6.07) is 16.2. The van der Waals surface area contributed by atoms with E-state index in [1.807, 2.05) is 24.3 Å². The van der Waals surface area contributed by atoms with Crippen LogP contribution in [-0.4, -0.2) is 55.7 Å². The summed E-state index contributed by atoms with van der Waals surface area (Å²) in [5.41, 5.74) is 1.11. The van der Waals surface area contributed by atoms with Gasteiger partial charge in [0, 0.05) is 38.1 Å². The number of hydrogen-bond acceptors (Lipinski definition) is 6. The minimum atomic E-state index is 0.708. The molecule has 1 saturated heterocycles. The zero-order chi connectivity index (χ0) is 18.5. The molecule has 0 saturated carbocycles. The highest BCUT2D eigenvalue weighted by Gasteiger charge is 2.20. The number of hydrogen-bond donors (Lipinski definition) is 0. The van der Waals surface area contributed by atoms with Crippen LogP contribution in [0.1, 0.15) is 6.42 Å². The van der Waals surface area contributed by atoms with Crippen molar-refractivity contribution in [2.75, 3.05) is 51.3 Å². The fourth-order valence-electron chi connectivity index (χ4n) is 3.49. The molecule has 1 aliphatic heterocycles. The van der Waals surface area contributed by atoms with E-state index in [-0.39, 0.29) is 0 Å². The molecule has 0 radical (unpaired) electrons. The monoisotopic (exact) mass is 383 g/mol. The summed E-state index contributed by atoms with van der Waals surface area (Å²) in [4.78, 5) is 4.99. The van der Waals surface area contributed by atoms with Gasteiger partial charge in [-0.15, -0.1) is 0 Å². The molecule has 0 bridgehead atoms. The van der Waals surface area contributed by atoms with Crippen molar-refractivity contribution in [3.05, 3.63) is 48.5 Å². The van der Waals surface area contributed by atoms with Crippen LogP contribution in [0.5, 0.6) is 11.5 Å². The lowest BCUT2D eigenvalue weighted by Gasteiger charge is -2.35. The van der Waals surface area contributed by atoms with E-state index in [1.165, 1.54) is 10.4 Å². The first-order valence-corrected chi connectivity index (χ1v) is 10.2. The molecular formula is C21H25N3O2S. The molecule has 142 valence electrons. The molecule has 27 heavy (non-hydrogen) atoms. The third-order valence-corrected chi connectivity index (χ3v) is 5.91. The fraction of sp³-hybridized carbons (Fsp3) is 0.381. The van der Waals surface area contributed by atoms with Crippen molar-refractivity contribution < 1.29 is 9.47 Å². The largest absolute Gasteiger partial charge is 0.493 e. The Morgan fingerprint density at radius 1 is 0.963 bits per heavy atom. The maximum Gasteiger partial charge on any atom is 0.161 e. The third-order valence-electron chi connectivity index (χ3n) is 4.97. The summed E-state index contributed by atoms with van der Waals surface area (Å²) < 4.78 is 15.8. The molecule has 2 heterocycles. The zero-order valence-electron chi connectivity index (χ0n) is 15.6. The molecule has 0 aliphatic carbocycles. The smallest absolute Gasteiger partial charge is 0.161 e. The average Bonchev–Trinajstić information content (AvgIpc) is 3.16. The standard InChI is InChI=1S/C21H25N3O2S/c1-25-19-9-4-5-10-20(19)26-16-6-11-23-12-14-24(15-13-23)21-17-7-2-3-8-18(17)22-27-21/h2-5,7-10H,6,11-16H2,1H3. The van der Waals surface area contributed by atoms with Gasteiger partial charge in [-0.05, 0) is 42.2 Å². The lowest BCUT2D eigenvalue weighted by Crippen LogP contribution is -2.46. The summed E-state index contributed by atoms with van der Waals surface area (Å²) >= 11 is 1.62. The predicted molar refractivity (Wildman–Crippen MR) is 111 cm³/mol. The fourth-order valence-corrected chi connectivity index (χ4v) is 4.40. The van der Waals surface area contributed by atoms with Crippen LogP contribution in [0, 0.1) is 0 Å². The molecule has 1 aromatic heterocycles. The van der Waals surface area contributed by atoms with Crippen LogP contribution in [0.4, 0.5) is 5.00 Å².